The van der Waals surface area contributed by atoms with E-state index in [9.17, 15) is 14.4 Å². The molecule has 0 spiro atoms. The van der Waals surface area contributed by atoms with E-state index in [4.69, 9.17) is 15.6 Å². The van der Waals surface area contributed by atoms with Gasteiger partial charge in [-0.3, -0.25) is 4.79 Å². The fourth-order valence-corrected chi connectivity index (χ4v) is 2.31. The summed E-state index contributed by atoms with van der Waals surface area (Å²) in [6.45, 7) is 7.31. The number of carboxylic acids is 1. The first-order valence-corrected chi connectivity index (χ1v) is 8.64. The summed E-state index contributed by atoms with van der Waals surface area (Å²) in [5.41, 5.74) is 6.73. The molecule has 0 aliphatic carbocycles. The van der Waals surface area contributed by atoms with Crippen molar-refractivity contribution in [3.05, 3.63) is 29.8 Å². The second-order valence-electron chi connectivity index (χ2n) is 5.78. The summed E-state index contributed by atoms with van der Waals surface area (Å²) in [6, 6.07) is 6.10. The van der Waals surface area contributed by atoms with Gasteiger partial charge >= 0.3 is 11.9 Å². The Bertz CT molecular complexity index is 599. The number of benzene rings is 1. The molecule has 1 atom stereocenters. The highest BCUT2D eigenvalue weighted by molar-refractivity contribution is 5.89. The number of carbonyl (C=O) groups excluding carboxylic acids is 2. The Kier molecular flexibility index (Phi) is 9.14. The number of amides is 1. The highest BCUT2D eigenvalue weighted by Gasteiger charge is 2.26. The molecule has 1 aliphatic heterocycles. The zero-order valence-corrected chi connectivity index (χ0v) is 15.2. The van der Waals surface area contributed by atoms with Gasteiger partial charge in [0.05, 0.1) is 5.56 Å². The number of nitrogen functional groups attached to an aromatic ring is 1. The van der Waals surface area contributed by atoms with Gasteiger partial charge in [0, 0.05) is 18.7 Å². The van der Waals surface area contributed by atoms with Gasteiger partial charge in [0.15, 0.2) is 0 Å². The molecule has 8 heteroatoms. The van der Waals surface area contributed by atoms with E-state index in [2.05, 4.69) is 24.1 Å². The summed E-state index contributed by atoms with van der Waals surface area (Å²) < 4.78 is 5.18. The van der Waals surface area contributed by atoms with Crippen LogP contribution in [-0.2, 0) is 14.3 Å². The largest absolute Gasteiger partial charge is 0.480 e. The third kappa shape index (κ3) is 7.52. The fraction of sp³-hybridized carbons (Fsp3) is 0.500. The highest BCUT2D eigenvalue weighted by Crippen LogP contribution is 2.07. The quantitative estimate of drug-likeness (QED) is 0.489. The molecule has 0 unspecified atom stereocenters. The van der Waals surface area contributed by atoms with Crippen LogP contribution in [0.2, 0.25) is 0 Å². The second-order valence-corrected chi connectivity index (χ2v) is 5.78. The number of esters is 1. The van der Waals surface area contributed by atoms with Gasteiger partial charge in [0.25, 0.3) is 0 Å². The van der Waals surface area contributed by atoms with Crippen molar-refractivity contribution in [1.29, 1.82) is 0 Å². The number of nitrogens with zero attached hydrogens (tertiary/aromatic N) is 1. The van der Waals surface area contributed by atoms with E-state index in [0.29, 0.717) is 30.7 Å². The van der Waals surface area contributed by atoms with Gasteiger partial charge in [-0.05, 0) is 43.8 Å². The van der Waals surface area contributed by atoms with Crippen LogP contribution >= 0.6 is 0 Å². The molecule has 144 valence electrons. The van der Waals surface area contributed by atoms with Crippen molar-refractivity contribution < 1.29 is 24.2 Å². The number of rotatable bonds is 7. The van der Waals surface area contributed by atoms with Crippen LogP contribution in [0.15, 0.2) is 24.3 Å². The minimum atomic E-state index is -0.944. The minimum absolute atomic E-state index is 0.164. The summed E-state index contributed by atoms with van der Waals surface area (Å²) in [5, 5.41) is 10.6. The van der Waals surface area contributed by atoms with E-state index in [1.807, 2.05) is 0 Å². The maximum Gasteiger partial charge on any atom is 0.338 e. The molecule has 0 radical (unpaired) electrons. The lowest BCUT2D eigenvalue weighted by Crippen LogP contribution is -2.32. The number of nitrogens with two attached hydrogens (primary N) is 1. The predicted octanol–water partition coefficient (Wildman–Crippen LogP) is 1.12. The molecule has 1 aromatic rings. The molecule has 26 heavy (non-hydrogen) atoms. The van der Waals surface area contributed by atoms with Crippen LogP contribution in [0.4, 0.5) is 5.69 Å². The second kappa shape index (κ2) is 11.1. The van der Waals surface area contributed by atoms with Gasteiger partial charge in [-0.25, -0.2) is 9.59 Å². The van der Waals surface area contributed by atoms with Crippen molar-refractivity contribution in [2.24, 2.45) is 0 Å². The number of hydrogen-bond donors (Lipinski definition) is 3. The number of likely N-dealkylation sites (N-methyl/N-ethyl adjacent to an activating group) is 1. The number of carbonyl (C=O) groups is 3. The Labute approximate surface area is 153 Å². The Hall–Kier alpha value is -2.61. The van der Waals surface area contributed by atoms with Crippen LogP contribution in [0.5, 0.6) is 0 Å². The zero-order valence-electron chi connectivity index (χ0n) is 15.2. The summed E-state index contributed by atoms with van der Waals surface area (Å²) in [5.74, 6) is -1.40. The normalized spacial score (nSPS) is 15.8. The standard InChI is InChI=1S/C13H20N2O2.C5H7NO3/c1-3-15(4-2)9-10-17-13(16)11-5-7-12(14)8-6-11;7-4-2-1-3(6-4)5(8)9/h5-8H,3-4,9-10,14H2,1-2H3;3H,1-2H2,(H,6,7)(H,8,9)/t;3-/m.0/s1. The van der Waals surface area contributed by atoms with E-state index < -0.39 is 12.0 Å². The molecule has 0 bridgehead atoms. The van der Waals surface area contributed by atoms with E-state index in [1.54, 1.807) is 24.3 Å². The van der Waals surface area contributed by atoms with Crippen LogP contribution in [-0.4, -0.2) is 60.1 Å². The lowest BCUT2D eigenvalue weighted by Gasteiger charge is -2.17. The molecule has 8 nitrogen and oxygen atoms in total. The van der Waals surface area contributed by atoms with Crippen molar-refractivity contribution in [1.82, 2.24) is 10.2 Å². The van der Waals surface area contributed by atoms with Gasteiger partial charge in [-0.2, -0.15) is 0 Å². The fourth-order valence-electron chi connectivity index (χ4n) is 2.31. The summed E-state index contributed by atoms with van der Waals surface area (Å²) in [4.78, 5) is 34.4. The van der Waals surface area contributed by atoms with Crippen molar-refractivity contribution >= 4 is 23.5 Å². The summed E-state index contributed by atoms with van der Waals surface area (Å²) >= 11 is 0. The van der Waals surface area contributed by atoms with Gasteiger partial charge in [-0.1, -0.05) is 13.8 Å². The molecule has 1 heterocycles. The van der Waals surface area contributed by atoms with E-state index in [0.717, 1.165) is 19.6 Å². The first-order chi connectivity index (χ1) is 12.4. The van der Waals surface area contributed by atoms with E-state index in [-0.39, 0.29) is 11.9 Å². The van der Waals surface area contributed by atoms with Gasteiger partial charge in [0.1, 0.15) is 12.6 Å². The molecule has 1 fully saturated rings. The Balaban J connectivity index is 0.000000314. The van der Waals surface area contributed by atoms with Crippen molar-refractivity contribution in [3.63, 3.8) is 0 Å². The zero-order chi connectivity index (χ0) is 19.5. The van der Waals surface area contributed by atoms with Gasteiger partial charge in [-0.15, -0.1) is 0 Å². The van der Waals surface area contributed by atoms with Gasteiger partial charge in [0.2, 0.25) is 5.91 Å². The Morgan fingerprint density at radius 1 is 1.27 bits per heavy atom. The smallest absolute Gasteiger partial charge is 0.338 e. The number of anilines is 1. The molecule has 1 aliphatic rings. The summed E-state index contributed by atoms with van der Waals surface area (Å²) in [6.07, 6.45) is 0.769. The Morgan fingerprint density at radius 2 is 1.88 bits per heavy atom. The van der Waals surface area contributed by atoms with Crippen LogP contribution in [0, 0.1) is 0 Å². The molecule has 1 aromatic carbocycles. The molecule has 1 amide bonds. The van der Waals surface area contributed by atoms with E-state index in [1.165, 1.54) is 0 Å². The monoisotopic (exact) mass is 365 g/mol. The number of carboxylic acid groups (broad SMARTS) is 1. The average molecular weight is 365 g/mol. The van der Waals surface area contributed by atoms with Crippen LogP contribution in [0.25, 0.3) is 0 Å². The lowest BCUT2D eigenvalue weighted by molar-refractivity contribution is -0.140. The molecule has 0 aromatic heterocycles. The maximum absolute atomic E-state index is 11.6. The predicted molar refractivity (Wildman–Crippen MR) is 97.7 cm³/mol. The molecule has 1 saturated heterocycles. The first kappa shape index (κ1) is 21.4. The van der Waals surface area contributed by atoms with Crippen LogP contribution in [0.3, 0.4) is 0 Å². The lowest BCUT2D eigenvalue weighted by atomic mass is 10.2. The summed E-state index contributed by atoms with van der Waals surface area (Å²) in [7, 11) is 0. The van der Waals surface area contributed by atoms with Crippen molar-refractivity contribution in [2.45, 2.75) is 32.7 Å². The van der Waals surface area contributed by atoms with Crippen LogP contribution < -0.4 is 11.1 Å². The average Bonchev–Trinajstić information content (AvgIpc) is 3.06. The molecule has 2 rings (SSSR count). The number of hydrogen-bond acceptors (Lipinski definition) is 6. The van der Waals surface area contributed by atoms with E-state index >= 15 is 0 Å². The number of nitrogens with one attached hydrogen (secondary N) is 1. The SMILES string of the molecule is CCN(CC)CCOC(=O)c1ccc(N)cc1.O=C1CC[C@@H](C(=O)O)N1. The third-order valence-electron chi connectivity index (χ3n) is 3.97. The molecule has 0 saturated carbocycles. The van der Waals surface area contributed by atoms with Crippen molar-refractivity contribution in [3.8, 4) is 0 Å². The molecule has 4 N–H and O–H groups in total. The first-order valence-electron chi connectivity index (χ1n) is 8.64. The highest BCUT2D eigenvalue weighted by atomic mass is 16.5. The third-order valence-corrected chi connectivity index (χ3v) is 3.97. The van der Waals surface area contributed by atoms with Gasteiger partial charge < -0.3 is 25.8 Å². The maximum atomic E-state index is 11.6. The minimum Gasteiger partial charge on any atom is -0.480 e. The number of aliphatic carboxylic acids is 1. The molecular formula is C18H27N3O5. The van der Waals surface area contributed by atoms with Crippen molar-refractivity contribution in [2.75, 3.05) is 32.0 Å². The number of ether oxygens (including phenoxy) is 1. The Morgan fingerprint density at radius 3 is 2.31 bits per heavy atom. The molecular weight excluding hydrogens is 338 g/mol. The topological polar surface area (TPSA) is 122 Å². The van der Waals surface area contributed by atoms with Crippen LogP contribution in [0.1, 0.15) is 37.0 Å².